The summed E-state index contributed by atoms with van der Waals surface area (Å²) < 4.78 is 18.7. The number of likely N-dealkylation sites (tertiary alicyclic amines) is 1. The number of nitrogens with zero attached hydrogens (tertiary/aromatic N) is 4. The van der Waals surface area contributed by atoms with Gasteiger partial charge in [-0.3, -0.25) is 10.1 Å². The van der Waals surface area contributed by atoms with E-state index in [0.717, 1.165) is 25.9 Å². The van der Waals surface area contributed by atoms with Crippen molar-refractivity contribution >= 4 is 52.9 Å². The van der Waals surface area contributed by atoms with Crippen molar-refractivity contribution in [2.45, 2.75) is 18.9 Å². The Bertz CT molecular complexity index is 1310. The number of nitrogens with one attached hydrogen (secondary N) is 2. The number of rotatable bonds is 8. The van der Waals surface area contributed by atoms with Crippen LogP contribution >= 0.6 is 18.7 Å². The molecule has 0 atom stereocenters. The third-order valence-electron chi connectivity index (χ3n) is 5.85. The summed E-state index contributed by atoms with van der Waals surface area (Å²) in [5.74, 6) is 0.736. The fourth-order valence-corrected chi connectivity index (χ4v) is 5.23. The minimum atomic E-state index is -2.55. The Balaban J connectivity index is 1.55. The summed E-state index contributed by atoms with van der Waals surface area (Å²) in [6.07, 6.45) is 3.00. The van der Waals surface area contributed by atoms with Gasteiger partial charge in [-0.2, -0.15) is 4.98 Å². The molecule has 2 N–H and O–H groups in total. The number of para-hydroxylation sites is 1. The van der Waals surface area contributed by atoms with E-state index >= 15 is 0 Å². The van der Waals surface area contributed by atoms with Crippen molar-refractivity contribution in [2.75, 3.05) is 44.1 Å². The molecule has 1 saturated heterocycles. The second-order valence-corrected chi connectivity index (χ2v) is 12.7. The molecule has 190 valence electrons. The van der Waals surface area contributed by atoms with Crippen molar-refractivity contribution in [3.63, 3.8) is 0 Å². The first kappa shape index (κ1) is 25.9. The Morgan fingerprint density at radius 2 is 1.89 bits per heavy atom. The smallest absolute Gasteiger partial charge is 0.313 e. The first-order valence-electron chi connectivity index (χ1n) is 11.4. The van der Waals surface area contributed by atoms with Crippen LogP contribution in [0.5, 0.6) is 5.75 Å². The maximum Gasteiger partial charge on any atom is 0.313 e. The largest absolute Gasteiger partial charge is 0.483 e. The summed E-state index contributed by atoms with van der Waals surface area (Å²) in [5.41, 5.74) is 0.919. The van der Waals surface area contributed by atoms with Crippen LogP contribution in [0.1, 0.15) is 12.8 Å². The Labute approximate surface area is 214 Å². The van der Waals surface area contributed by atoms with Gasteiger partial charge in [0.2, 0.25) is 5.95 Å². The summed E-state index contributed by atoms with van der Waals surface area (Å²) in [5, 5.41) is 18.8. The molecule has 2 aromatic carbocycles. The molecule has 0 spiro atoms. The molecule has 0 aliphatic carbocycles. The third kappa shape index (κ3) is 6.32. The first-order valence-corrected chi connectivity index (χ1v) is 14.4. The van der Waals surface area contributed by atoms with E-state index in [0.29, 0.717) is 22.5 Å². The van der Waals surface area contributed by atoms with Crippen LogP contribution in [0.3, 0.4) is 0 Å². The van der Waals surface area contributed by atoms with E-state index in [1.807, 2.05) is 19.2 Å². The number of ether oxygens (including phenoxy) is 1. The lowest BCUT2D eigenvalue weighted by molar-refractivity contribution is -0.386. The molecule has 12 heteroatoms. The number of aromatic nitrogens is 2. The van der Waals surface area contributed by atoms with Gasteiger partial charge in [0.15, 0.2) is 11.6 Å². The highest BCUT2D eigenvalue weighted by molar-refractivity contribution is 7.70. The number of benzene rings is 2. The highest BCUT2D eigenvalue weighted by Crippen LogP contribution is 2.39. The van der Waals surface area contributed by atoms with Gasteiger partial charge in [0.05, 0.1) is 16.8 Å². The highest BCUT2D eigenvalue weighted by atomic mass is 35.5. The van der Waals surface area contributed by atoms with Crippen molar-refractivity contribution < 1.29 is 14.2 Å². The monoisotopic (exact) mass is 530 g/mol. The lowest BCUT2D eigenvalue weighted by Crippen LogP contribution is -2.35. The van der Waals surface area contributed by atoms with Crippen molar-refractivity contribution in [3.05, 3.63) is 63.8 Å². The van der Waals surface area contributed by atoms with E-state index in [-0.39, 0.29) is 28.5 Å². The molecule has 10 nitrogen and oxygen atoms in total. The molecule has 0 bridgehead atoms. The molecule has 3 aromatic rings. The maximum atomic E-state index is 12.7. The maximum absolute atomic E-state index is 12.7. The van der Waals surface area contributed by atoms with Crippen molar-refractivity contribution in [1.82, 2.24) is 14.9 Å². The standard InChI is InChI=1S/C24H28ClN6O4P/c1-30-12-10-17(11-13-30)35-21-9-8-16(14-20(21)31(32)33)27-24-26-15-18(25)23(29-24)28-19-6-4-5-7-22(19)36(2,3)34/h4-9,14-15,17H,10-13H2,1-3H3,(H2,26,27,28,29). The topological polar surface area (TPSA) is 123 Å². The van der Waals surface area contributed by atoms with Gasteiger partial charge in [0.1, 0.15) is 18.3 Å². The lowest BCUT2D eigenvalue weighted by Gasteiger charge is -2.29. The Hall–Kier alpha value is -3.20. The minimum Gasteiger partial charge on any atom is -0.483 e. The van der Waals surface area contributed by atoms with Gasteiger partial charge in [-0.15, -0.1) is 0 Å². The SMILES string of the molecule is CN1CCC(Oc2ccc(Nc3ncc(Cl)c(Nc4ccccc4P(C)(C)=O)n3)cc2[N+](=O)[O-])CC1. The number of anilines is 4. The Morgan fingerprint density at radius 3 is 2.58 bits per heavy atom. The fourth-order valence-electron chi connectivity index (χ4n) is 3.94. The second-order valence-electron chi connectivity index (χ2n) is 9.07. The number of nitro benzene ring substituents is 1. The fraction of sp³-hybridized carbons (Fsp3) is 0.333. The summed E-state index contributed by atoms with van der Waals surface area (Å²) >= 11 is 6.31. The normalized spacial score (nSPS) is 14.9. The van der Waals surface area contributed by atoms with Crippen molar-refractivity contribution in [1.29, 1.82) is 0 Å². The molecule has 0 radical (unpaired) electrons. The van der Waals surface area contributed by atoms with Crippen LogP contribution in [-0.4, -0.2) is 59.4 Å². The van der Waals surface area contributed by atoms with Crippen LogP contribution in [0.2, 0.25) is 5.02 Å². The summed E-state index contributed by atoms with van der Waals surface area (Å²) in [4.78, 5) is 22.1. The summed E-state index contributed by atoms with van der Waals surface area (Å²) in [7, 11) is -0.508. The van der Waals surface area contributed by atoms with Gasteiger partial charge in [-0.1, -0.05) is 23.7 Å². The van der Waals surface area contributed by atoms with E-state index in [9.17, 15) is 14.7 Å². The van der Waals surface area contributed by atoms with E-state index in [1.54, 1.807) is 37.6 Å². The molecule has 2 heterocycles. The predicted molar refractivity (Wildman–Crippen MR) is 143 cm³/mol. The quantitative estimate of drug-likeness (QED) is 0.228. The summed E-state index contributed by atoms with van der Waals surface area (Å²) in [6, 6.07) is 11.9. The molecule has 1 aromatic heterocycles. The molecule has 0 saturated carbocycles. The zero-order valence-corrected chi connectivity index (χ0v) is 21.9. The lowest BCUT2D eigenvalue weighted by atomic mass is 10.1. The van der Waals surface area contributed by atoms with Gasteiger partial charge in [-0.25, -0.2) is 4.98 Å². The van der Waals surface area contributed by atoms with E-state index in [1.165, 1.54) is 12.3 Å². The van der Waals surface area contributed by atoms with Gasteiger partial charge < -0.3 is 24.8 Å². The molecule has 1 aliphatic rings. The zero-order valence-electron chi connectivity index (χ0n) is 20.3. The summed E-state index contributed by atoms with van der Waals surface area (Å²) in [6.45, 7) is 5.16. The average Bonchev–Trinajstić information content (AvgIpc) is 2.83. The molecule has 0 amide bonds. The number of halogens is 1. The van der Waals surface area contributed by atoms with Crippen LogP contribution in [-0.2, 0) is 4.57 Å². The van der Waals surface area contributed by atoms with Crippen LogP contribution in [0.15, 0.2) is 48.7 Å². The number of piperidine rings is 1. The number of hydrogen-bond acceptors (Lipinski definition) is 9. The molecular formula is C24H28ClN6O4P. The number of hydrogen-bond donors (Lipinski definition) is 2. The van der Waals surface area contributed by atoms with Gasteiger partial charge in [-0.05, 0) is 57.5 Å². The molecule has 1 fully saturated rings. The van der Waals surface area contributed by atoms with Crippen LogP contribution in [0, 0.1) is 10.1 Å². The van der Waals surface area contributed by atoms with E-state index < -0.39 is 12.1 Å². The van der Waals surface area contributed by atoms with Gasteiger partial charge in [0, 0.05) is 30.1 Å². The molecule has 0 unspecified atom stereocenters. The van der Waals surface area contributed by atoms with E-state index in [2.05, 4.69) is 25.5 Å². The first-order chi connectivity index (χ1) is 17.1. The predicted octanol–water partition coefficient (Wildman–Crippen LogP) is 5.25. The van der Waals surface area contributed by atoms with Crippen LogP contribution < -0.4 is 20.7 Å². The van der Waals surface area contributed by atoms with Crippen LogP contribution in [0.25, 0.3) is 0 Å². The highest BCUT2D eigenvalue weighted by Gasteiger charge is 2.23. The Morgan fingerprint density at radius 1 is 1.17 bits per heavy atom. The molecule has 1 aliphatic heterocycles. The molecule has 36 heavy (non-hydrogen) atoms. The van der Waals surface area contributed by atoms with Crippen LogP contribution in [0.4, 0.5) is 28.8 Å². The van der Waals surface area contributed by atoms with Gasteiger partial charge in [0.25, 0.3) is 0 Å². The van der Waals surface area contributed by atoms with Gasteiger partial charge >= 0.3 is 5.69 Å². The van der Waals surface area contributed by atoms with E-state index in [4.69, 9.17) is 16.3 Å². The molecular weight excluding hydrogens is 503 g/mol. The van der Waals surface area contributed by atoms with Crippen molar-refractivity contribution in [3.8, 4) is 5.75 Å². The number of nitro groups is 1. The second kappa shape index (κ2) is 10.8. The average molecular weight is 531 g/mol. The third-order valence-corrected chi connectivity index (χ3v) is 7.68. The Kier molecular flexibility index (Phi) is 7.78. The zero-order chi connectivity index (χ0) is 25.9. The minimum absolute atomic E-state index is 0.0589. The molecule has 4 rings (SSSR count). The van der Waals surface area contributed by atoms with Crippen molar-refractivity contribution in [2.24, 2.45) is 0 Å².